The van der Waals surface area contributed by atoms with E-state index in [-0.39, 0.29) is 6.10 Å². The SMILES string of the molecule is CC(=S)NC[C@H]1CN(c2ccc(N3CCC(C#N)(Nc4ccc(C#N)cc4)CC3)c(F)c2)C(=O)O1. The summed E-state index contributed by atoms with van der Waals surface area (Å²) >= 11 is 4.99. The number of nitriles is 2. The van der Waals surface area contributed by atoms with Crippen LogP contribution in [-0.4, -0.2) is 48.9 Å². The molecule has 0 radical (unpaired) electrons. The van der Waals surface area contributed by atoms with E-state index in [1.807, 2.05) is 4.90 Å². The van der Waals surface area contributed by atoms with E-state index in [1.165, 1.54) is 11.0 Å². The Balaban J connectivity index is 1.40. The number of rotatable bonds is 6. The standard InChI is InChI=1S/C25H25FN6O2S/c1-17(35)29-14-21-15-32(24(33)34-21)20-6-7-23(22(26)12-20)31-10-8-25(16-28,9-11-31)30-19-4-2-18(13-27)3-5-19/h2-7,12,21,30H,8-11,14-15H2,1H3,(H,29,35)/t21-/m0/s1. The van der Waals surface area contributed by atoms with Crippen LogP contribution in [0.2, 0.25) is 0 Å². The van der Waals surface area contributed by atoms with E-state index in [4.69, 9.17) is 22.2 Å². The van der Waals surface area contributed by atoms with Crippen molar-refractivity contribution in [3.8, 4) is 12.1 Å². The Morgan fingerprint density at radius 2 is 1.94 bits per heavy atom. The molecule has 0 aromatic heterocycles. The predicted octanol–water partition coefficient (Wildman–Crippen LogP) is 3.93. The van der Waals surface area contributed by atoms with Gasteiger partial charge >= 0.3 is 6.09 Å². The highest BCUT2D eigenvalue weighted by molar-refractivity contribution is 7.80. The summed E-state index contributed by atoms with van der Waals surface area (Å²) in [6, 6.07) is 16.1. The molecule has 2 aliphatic rings. The molecule has 180 valence electrons. The molecular formula is C25H25FN6O2S. The molecule has 2 N–H and O–H groups in total. The summed E-state index contributed by atoms with van der Waals surface area (Å²) in [6.45, 7) is 3.45. The fourth-order valence-corrected chi connectivity index (χ4v) is 4.40. The molecule has 35 heavy (non-hydrogen) atoms. The van der Waals surface area contributed by atoms with Gasteiger partial charge in [0.05, 0.1) is 47.2 Å². The molecule has 0 saturated carbocycles. The van der Waals surface area contributed by atoms with Gasteiger partial charge in [0.2, 0.25) is 0 Å². The van der Waals surface area contributed by atoms with Crippen molar-refractivity contribution in [2.75, 3.05) is 41.3 Å². The Kier molecular flexibility index (Phi) is 7.04. The Morgan fingerprint density at radius 1 is 1.23 bits per heavy atom. The van der Waals surface area contributed by atoms with Gasteiger partial charge in [0, 0.05) is 31.6 Å². The van der Waals surface area contributed by atoms with E-state index in [9.17, 15) is 10.1 Å². The molecule has 0 spiro atoms. The third-order valence-electron chi connectivity index (χ3n) is 6.27. The predicted molar refractivity (Wildman–Crippen MR) is 135 cm³/mol. The number of nitrogens with one attached hydrogen (secondary N) is 2. The number of carbonyl (C=O) groups excluding carboxylic acids is 1. The van der Waals surface area contributed by atoms with Gasteiger partial charge in [0.15, 0.2) is 0 Å². The smallest absolute Gasteiger partial charge is 0.414 e. The minimum absolute atomic E-state index is 0.308. The Bertz CT molecular complexity index is 1200. The number of anilines is 3. The molecule has 2 saturated heterocycles. The van der Waals surface area contributed by atoms with Gasteiger partial charge < -0.3 is 20.3 Å². The summed E-state index contributed by atoms with van der Waals surface area (Å²) in [7, 11) is 0. The van der Waals surface area contributed by atoms with Gasteiger partial charge in [-0.2, -0.15) is 10.5 Å². The second kappa shape index (κ2) is 10.2. The minimum Gasteiger partial charge on any atom is -0.442 e. The van der Waals surface area contributed by atoms with Crippen LogP contribution in [0.1, 0.15) is 25.3 Å². The maximum Gasteiger partial charge on any atom is 0.414 e. The van der Waals surface area contributed by atoms with Gasteiger partial charge in [0.1, 0.15) is 17.5 Å². The molecule has 4 rings (SSSR count). The number of hydrogen-bond acceptors (Lipinski definition) is 7. The van der Waals surface area contributed by atoms with Gasteiger partial charge in [-0.3, -0.25) is 4.90 Å². The number of nitrogens with zero attached hydrogens (tertiary/aromatic N) is 4. The molecule has 0 unspecified atom stereocenters. The molecule has 1 amide bonds. The number of benzene rings is 2. The fourth-order valence-electron chi connectivity index (χ4n) is 4.31. The van der Waals surface area contributed by atoms with Crippen LogP contribution in [0.25, 0.3) is 0 Å². The van der Waals surface area contributed by atoms with Crippen LogP contribution in [0.3, 0.4) is 0 Å². The van der Waals surface area contributed by atoms with E-state index < -0.39 is 17.4 Å². The van der Waals surface area contributed by atoms with Gasteiger partial charge in [-0.1, -0.05) is 12.2 Å². The molecule has 2 heterocycles. The highest BCUT2D eigenvalue weighted by atomic mass is 32.1. The largest absolute Gasteiger partial charge is 0.442 e. The van der Waals surface area contributed by atoms with Crippen LogP contribution < -0.4 is 20.4 Å². The van der Waals surface area contributed by atoms with Crippen molar-refractivity contribution in [3.05, 3.63) is 53.8 Å². The first kappa shape index (κ1) is 24.2. The Morgan fingerprint density at radius 3 is 2.54 bits per heavy atom. The van der Waals surface area contributed by atoms with Crippen molar-refractivity contribution in [2.24, 2.45) is 0 Å². The summed E-state index contributed by atoms with van der Waals surface area (Å²) in [4.78, 5) is 16.2. The second-order valence-corrected chi connectivity index (χ2v) is 9.30. The summed E-state index contributed by atoms with van der Waals surface area (Å²) in [5, 5.41) is 25.1. The molecule has 2 aromatic rings. The normalized spacial score (nSPS) is 18.9. The van der Waals surface area contributed by atoms with E-state index in [0.717, 1.165) is 5.69 Å². The minimum atomic E-state index is -0.774. The number of hydrogen-bond donors (Lipinski definition) is 2. The van der Waals surface area contributed by atoms with Crippen molar-refractivity contribution in [1.82, 2.24) is 5.32 Å². The molecule has 1 atom stereocenters. The Labute approximate surface area is 208 Å². The fraction of sp³-hybridized carbons (Fsp3) is 0.360. The highest BCUT2D eigenvalue weighted by Gasteiger charge is 2.36. The van der Waals surface area contributed by atoms with Crippen LogP contribution >= 0.6 is 12.2 Å². The van der Waals surface area contributed by atoms with Crippen LogP contribution in [0.4, 0.5) is 26.2 Å². The zero-order valence-corrected chi connectivity index (χ0v) is 20.1. The number of piperidine rings is 1. The highest BCUT2D eigenvalue weighted by Crippen LogP contribution is 2.33. The second-order valence-electron chi connectivity index (χ2n) is 8.68. The third-order valence-corrected chi connectivity index (χ3v) is 6.41. The number of thiocarbonyl (C=S) groups is 1. The molecule has 0 aliphatic carbocycles. The molecule has 2 aliphatic heterocycles. The lowest BCUT2D eigenvalue weighted by atomic mass is 9.88. The van der Waals surface area contributed by atoms with Gasteiger partial charge in [-0.25, -0.2) is 9.18 Å². The van der Waals surface area contributed by atoms with Gasteiger partial charge in [0.25, 0.3) is 0 Å². The summed E-state index contributed by atoms with van der Waals surface area (Å²) in [6.07, 6.45) is 0.110. The summed E-state index contributed by atoms with van der Waals surface area (Å²) in [5.74, 6) is -0.434. The lowest BCUT2D eigenvalue weighted by Gasteiger charge is -2.39. The number of carbonyl (C=O) groups is 1. The van der Waals surface area contributed by atoms with E-state index in [2.05, 4.69) is 22.8 Å². The average Bonchev–Trinajstić information content (AvgIpc) is 3.24. The zero-order valence-electron chi connectivity index (χ0n) is 19.3. The van der Waals surface area contributed by atoms with E-state index >= 15 is 4.39 Å². The lowest BCUT2D eigenvalue weighted by molar-refractivity contribution is 0.143. The number of halogens is 1. The number of cyclic esters (lactones) is 1. The van der Waals surface area contributed by atoms with Gasteiger partial charge in [-0.05, 0) is 49.4 Å². The van der Waals surface area contributed by atoms with Crippen molar-refractivity contribution in [2.45, 2.75) is 31.4 Å². The molecule has 2 fully saturated rings. The van der Waals surface area contributed by atoms with Crippen molar-refractivity contribution < 1.29 is 13.9 Å². The molecule has 2 aromatic carbocycles. The lowest BCUT2D eigenvalue weighted by Crippen LogP contribution is -2.48. The monoisotopic (exact) mass is 492 g/mol. The third kappa shape index (κ3) is 5.44. The van der Waals surface area contributed by atoms with Crippen molar-refractivity contribution in [3.63, 3.8) is 0 Å². The molecular weight excluding hydrogens is 467 g/mol. The first-order chi connectivity index (χ1) is 16.8. The summed E-state index contributed by atoms with van der Waals surface area (Å²) < 4.78 is 20.4. The van der Waals surface area contributed by atoms with Crippen LogP contribution in [0.15, 0.2) is 42.5 Å². The zero-order chi connectivity index (χ0) is 25.0. The quantitative estimate of drug-likeness (QED) is 0.585. The van der Waals surface area contributed by atoms with E-state index in [0.29, 0.717) is 60.9 Å². The first-order valence-electron chi connectivity index (χ1n) is 11.3. The maximum absolute atomic E-state index is 15.1. The van der Waals surface area contributed by atoms with Crippen LogP contribution in [0.5, 0.6) is 0 Å². The van der Waals surface area contributed by atoms with Crippen LogP contribution in [-0.2, 0) is 4.74 Å². The molecule has 8 nitrogen and oxygen atoms in total. The number of ether oxygens (including phenoxy) is 1. The average molecular weight is 493 g/mol. The van der Waals surface area contributed by atoms with Crippen molar-refractivity contribution >= 4 is 40.4 Å². The summed E-state index contributed by atoms with van der Waals surface area (Å²) in [5.41, 5.74) is 1.41. The molecule has 10 heteroatoms. The topological polar surface area (TPSA) is 104 Å². The van der Waals surface area contributed by atoms with Gasteiger partial charge in [-0.15, -0.1) is 0 Å². The number of amides is 1. The Hall–Kier alpha value is -3.89. The maximum atomic E-state index is 15.1. The first-order valence-corrected chi connectivity index (χ1v) is 11.7. The molecule has 0 bridgehead atoms. The van der Waals surface area contributed by atoms with E-state index in [1.54, 1.807) is 43.3 Å². The van der Waals surface area contributed by atoms with Crippen LogP contribution in [0, 0.1) is 28.5 Å². The van der Waals surface area contributed by atoms with Crippen molar-refractivity contribution in [1.29, 1.82) is 10.5 Å².